The van der Waals surface area contributed by atoms with E-state index < -0.39 is 0 Å². The van der Waals surface area contributed by atoms with Gasteiger partial charge in [0.25, 0.3) is 0 Å². The van der Waals surface area contributed by atoms with E-state index in [1.54, 1.807) is 0 Å². The fourth-order valence-electron chi connectivity index (χ4n) is 3.39. The molecule has 1 aliphatic heterocycles. The maximum Gasteiger partial charge on any atom is 0.226 e. The minimum atomic E-state index is 0.000304. The van der Waals surface area contributed by atoms with Crippen LogP contribution >= 0.6 is 0 Å². The molecule has 2 aromatic rings. The lowest BCUT2D eigenvalue weighted by atomic mass is 10.1. The molecule has 1 amide bonds. The Hall–Kier alpha value is -2.14. The fraction of sp³-hybridized carbons (Fsp3) is 0.524. The number of hydrogen-bond acceptors (Lipinski definition) is 4. The standard InChI is InChI=1S/C21H29N3O2/c1-4-17-7-9-18(10-8-17)21-23-19(16(3)26-21)13-20(25)22-14-15(2)24-11-5-6-12-24/h7-10,15H,4-6,11-14H2,1-3H3,(H,22,25). The Balaban J connectivity index is 1.57. The average Bonchev–Trinajstić information content (AvgIpc) is 3.30. The van der Waals surface area contributed by atoms with Crippen LogP contribution in [0.1, 0.15) is 43.7 Å². The summed E-state index contributed by atoms with van der Waals surface area (Å²) < 4.78 is 5.78. The Kier molecular flexibility index (Phi) is 6.09. The summed E-state index contributed by atoms with van der Waals surface area (Å²) in [5.74, 6) is 1.29. The molecular weight excluding hydrogens is 326 g/mol. The molecule has 140 valence electrons. The zero-order valence-electron chi connectivity index (χ0n) is 16.0. The molecule has 1 unspecified atom stereocenters. The molecule has 5 nitrogen and oxygen atoms in total. The van der Waals surface area contributed by atoms with E-state index in [-0.39, 0.29) is 12.3 Å². The van der Waals surface area contributed by atoms with Crippen molar-refractivity contribution in [2.45, 2.75) is 52.5 Å². The van der Waals surface area contributed by atoms with Crippen molar-refractivity contribution >= 4 is 5.91 Å². The first kappa shape index (κ1) is 18.6. The zero-order valence-corrected chi connectivity index (χ0v) is 16.0. The molecule has 1 aromatic heterocycles. The molecule has 0 saturated carbocycles. The van der Waals surface area contributed by atoms with Crippen molar-refractivity contribution in [3.63, 3.8) is 0 Å². The summed E-state index contributed by atoms with van der Waals surface area (Å²) in [6, 6.07) is 8.59. The monoisotopic (exact) mass is 355 g/mol. The van der Waals surface area contributed by atoms with E-state index in [2.05, 4.69) is 41.2 Å². The van der Waals surface area contributed by atoms with Crippen molar-refractivity contribution in [2.75, 3.05) is 19.6 Å². The highest BCUT2D eigenvalue weighted by Gasteiger charge is 2.19. The van der Waals surface area contributed by atoms with Gasteiger partial charge in [0.05, 0.1) is 12.1 Å². The number of amides is 1. The molecule has 1 fully saturated rings. The molecular formula is C21H29N3O2. The van der Waals surface area contributed by atoms with E-state index in [0.717, 1.165) is 25.1 Å². The molecule has 1 atom stereocenters. The molecule has 26 heavy (non-hydrogen) atoms. The van der Waals surface area contributed by atoms with Gasteiger partial charge in [0.15, 0.2) is 0 Å². The number of rotatable bonds is 7. The third kappa shape index (κ3) is 4.52. The summed E-state index contributed by atoms with van der Waals surface area (Å²) in [7, 11) is 0. The van der Waals surface area contributed by atoms with Crippen molar-refractivity contribution in [2.24, 2.45) is 0 Å². The number of aromatic nitrogens is 1. The first-order valence-electron chi connectivity index (χ1n) is 9.63. The number of likely N-dealkylation sites (tertiary alicyclic amines) is 1. The van der Waals surface area contributed by atoms with Crippen molar-refractivity contribution in [1.29, 1.82) is 0 Å². The first-order valence-corrected chi connectivity index (χ1v) is 9.63. The highest BCUT2D eigenvalue weighted by molar-refractivity contribution is 5.78. The zero-order chi connectivity index (χ0) is 18.5. The van der Waals surface area contributed by atoms with Crippen LogP contribution in [0.3, 0.4) is 0 Å². The number of oxazole rings is 1. The molecule has 0 radical (unpaired) electrons. The van der Waals surface area contributed by atoms with Gasteiger partial charge in [-0.05, 0) is 63.9 Å². The third-order valence-electron chi connectivity index (χ3n) is 5.19. The van der Waals surface area contributed by atoms with Crippen LogP contribution in [0.5, 0.6) is 0 Å². The van der Waals surface area contributed by atoms with E-state index in [4.69, 9.17) is 4.42 Å². The molecule has 1 N–H and O–H groups in total. The van der Waals surface area contributed by atoms with Gasteiger partial charge in [-0.3, -0.25) is 9.69 Å². The van der Waals surface area contributed by atoms with Crippen LogP contribution in [0, 0.1) is 6.92 Å². The number of nitrogens with zero attached hydrogens (tertiary/aromatic N) is 2. The van der Waals surface area contributed by atoms with E-state index in [1.807, 2.05) is 19.1 Å². The molecule has 2 heterocycles. The topological polar surface area (TPSA) is 58.4 Å². The highest BCUT2D eigenvalue weighted by Crippen LogP contribution is 2.22. The lowest BCUT2D eigenvalue weighted by Crippen LogP contribution is -2.41. The van der Waals surface area contributed by atoms with Gasteiger partial charge in [0.2, 0.25) is 11.8 Å². The average molecular weight is 355 g/mol. The Morgan fingerprint density at radius 1 is 1.27 bits per heavy atom. The summed E-state index contributed by atoms with van der Waals surface area (Å²) in [5.41, 5.74) is 2.94. The van der Waals surface area contributed by atoms with Gasteiger partial charge in [0, 0.05) is 18.2 Å². The predicted molar refractivity (Wildman–Crippen MR) is 103 cm³/mol. The predicted octanol–water partition coefficient (Wildman–Crippen LogP) is 3.36. The van der Waals surface area contributed by atoms with E-state index in [1.165, 1.54) is 18.4 Å². The van der Waals surface area contributed by atoms with Gasteiger partial charge >= 0.3 is 0 Å². The van der Waals surface area contributed by atoms with Crippen molar-refractivity contribution in [3.8, 4) is 11.5 Å². The van der Waals surface area contributed by atoms with E-state index in [9.17, 15) is 4.79 Å². The normalized spacial score (nSPS) is 16.0. The summed E-state index contributed by atoms with van der Waals surface area (Å²) in [6.45, 7) is 9.13. The Morgan fingerprint density at radius 2 is 1.96 bits per heavy atom. The summed E-state index contributed by atoms with van der Waals surface area (Å²) in [5, 5.41) is 3.04. The number of carbonyl (C=O) groups is 1. The van der Waals surface area contributed by atoms with Crippen LogP contribution in [-0.4, -0.2) is 41.5 Å². The highest BCUT2D eigenvalue weighted by atomic mass is 16.4. The fourth-order valence-corrected chi connectivity index (χ4v) is 3.39. The second kappa shape index (κ2) is 8.49. The summed E-state index contributed by atoms with van der Waals surface area (Å²) in [4.78, 5) is 19.3. The number of benzene rings is 1. The van der Waals surface area contributed by atoms with Crippen LogP contribution in [0.4, 0.5) is 0 Å². The van der Waals surface area contributed by atoms with Crippen LogP contribution < -0.4 is 5.32 Å². The van der Waals surface area contributed by atoms with Gasteiger partial charge in [-0.2, -0.15) is 0 Å². The van der Waals surface area contributed by atoms with Crippen molar-refractivity contribution < 1.29 is 9.21 Å². The molecule has 5 heteroatoms. The molecule has 1 aliphatic rings. The molecule has 0 spiro atoms. The van der Waals surface area contributed by atoms with Crippen LogP contribution in [-0.2, 0) is 17.6 Å². The lowest BCUT2D eigenvalue weighted by Gasteiger charge is -2.23. The van der Waals surface area contributed by atoms with Crippen LogP contribution in [0.2, 0.25) is 0 Å². The molecule has 1 aromatic carbocycles. The summed E-state index contributed by atoms with van der Waals surface area (Å²) >= 11 is 0. The molecule has 3 rings (SSSR count). The van der Waals surface area contributed by atoms with E-state index in [0.29, 0.717) is 29.9 Å². The number of aryl methyl sites for hydroxylation is 2. The maximum atomic E-state index is 12.3. The number of nitrogens with one attached hydrogen (secondary N) is 1. The third-order valence-corrected chi connectivity index (χ3v) is 5.19. The van der Waals surface area contributed by atoms with E-state index >= 15 is 0 Å². The van der Waals surface area contributed by atoms with Gasteiger partial charge in [0.1, 0.15) is 5.76 Å². The first-order chi connectivity index (χ1) is 12.6. The number of hydrogen-bond donors (Lipinski definition) is 1. The minimum absolute atomic E-state index is 0.000304. The van der Waals surface area contributed by atoms with Gasteiger partial charge in [-0.1, -0.05) is 19.1 Å². The van der Waals surface area contributed by atoms with Crippen molar-refractivity contribution in [1.82, 2.24) is 15.2 Å². The molecule has 1 saturated heterocycles. The largest absolute Gasteiger partial charge is 0.441 e. The lowest BCUT2D eigenvalue weighted by molar-refractivity contribution is -0.120. The SMILES string of the molecule is CCc1ccc(-c2nc(CC(=O)NCC(C)N3CCCC3)c(C)o2)cc1. The molecule has 0 aliphatic carbocycles. The Labute approximate surface area is 155 Å². The van der Waals surface area contributed by atoms with Gasteiger partial charge in [-0.15, -0.1) is 0 Å². The Bertz CT molecular complexity index is 730. The maximum absolute atomic E-state index is 12.3. The van der Waals surface area contributed by atoms with Crippen molar-refractivity contribution in [3.05, 3.63) is 41.3 Å². The smallest absolute Gasteiger partial charge is 0.226 e. The van der Waals surface area contributed by atoms with Crippen LogP contribution in [0.15, 0.2) is 28.7 Å². The molecule has 0 bridgehead atoms. The minimum Gasteiger partial charge on any atom is -0.441 e. The van der Waals surface area contributed by atoms with Crippen LogP contribution in [0.25, 0.3) is 11.5 Å². The van der Waals surface area contributed by atoms with Gasteiger partial charge in [-0.25, -0.2) is 4.98 Å². The second-order valence-corrected chi connectivity index (χ2v) is 7.15. The second-order valence-electron chi connectivity index (χ2n) is 7.15. The van der Waals surface area contributed by atoms with Gasteiger partial charge < -0.3 is 9.73 Å². The summed E-state index contributed by atoms with van der Waals surface area (Å²) in [6.07, 6.45) is 3.79. The number of carbonyl (C=O) groups excluding carboxylic acids is 1. The quantitative estimate of drug-likeness (QED) is 0.827. The Morgan fingerprint density at radius 3 is 2.62 bits per heavy atom.